The van der Waals surface area contributed by atoms with Crippen LogP contribution in [-0.4, -0.2) is 6.54 Å². The highest BCUT2D eigenvalue weighted by atomic mass is 16.3. The van der Waals surface area contributed by atoms with E-state index in [1.54, 1.807) is 6.26 Å². The Bertz CT molecular complexity index is 423. The van der Waals surface area contributed by atoms with Crippen molar-refractivity contribution >= 4 is 0 Å². The predicted octanol–water partition coefficient (Wildman–Crippen LogP) is 1.91. The van der Waals surface area contributed by atoms with Crippen LogP contribution in [0.3, 0.4) is 0 Å². The van der Waals surface area contributed by atoms with Crippen molar-refractivity contribution in [3.8, 4) is 11.3 Å². The average Bonchev–Trinajstić information content (AvgIpc) is 2.81. The van der Waals surface area contributed by atoms with Crippen molar-refractivity contribution in [1.29, 1.82) is 0 Å². The van der Waals surface area contributed by atoms with Crippen molar-refractivity contribution < 1.29 is 4.42 Å². The van der Waals surface area contributed by atoms with E-state index in [-0.39, 0.29) is 6.04 Å². The van der Waals surface area contributed by atoms with Crippen molar-refractivity contribution in [2.75, 3.05) is 6.54 Å². The zero-order chi connectivity index (χ0) is 10.7. The Morgan fingerprint density at radius 2 is 1.93 bits per heavy atom. The number of furan rings is 1. The standard InChI is InChI=1S/C12H14N2O/c13-8-11(14)9-4-1-2-5-10(9)12-6-3-7-15-12/h1-7,11H,8,13-14H2/t11-/m0/s1. The van der Waals surface area contributed by atoms with Crippen LogP contribution in [0.15, 0.2) is 47.1 Å². The fourth-order valence-corrected chi connectivity index (χ4v) is 1.60. The molecule has 0 unspecified atom stereocenters. The SMILES string of the molecule is NC[C@H](N)c1ccccc1-c1ccco1. The first kappa shape index (κ1) is 9.96. The number of rotatable bonds is 3. The van der Waals surface area contributed by atoms with Crippen LogP contribution in [0.5, 0.6) is 0 Å². The molecule has 0 amide bonds. The zero-order valence-corrected chi connectivity index (χ0v) is 8.39. The maximum absolute atomic E-state index is 5.93. The summed E-state index contributed by atoms with van der Waals surface area (Å²) in [6.07, 6.45) is 1.65. The summed E-state index contributed by atoms with van der Waals surface area (Å²) in [6.45, 7) is 0.428. The summed E-state index contributed by atoms with van der Waals surface area (Å²) < 4.78 is 5.36. The average molecular weight is 202 g/mol. The summed E-state index contributed by atoms with van der Waals surface area (Å²) in [6, 6.07) is 11.5. The Morgan fingerprint density at radius 1 is 1.13 bits per heavy atom. The van der Waals surface area contributed by atoms with Gasteiger partial charge >= 0.3 is 0 Å². The minimum atomic E-state index is -0.147. The number of nitrogens with two attached hydrogens (primary N) is 2. The van der Waals surface area contributed by atoms with Crippen molar-refractivity contribution in [3.05, 3.63) is 48.2 Å². The normalized spacial score (nSPS) is 12.7. The van der Waals surface area contributed by atoms with E-state index in [0.717, 1.165) is 16.9 Å². The van der Waals surface area contributed by atoms with Crippen LogP contribution < -0.4 is 11.5 Å². The van der Waals surface area contributed by atoms with Gasteiger partial charge in [0.2, 0.25) is 0 Å². The van der Waals surface area contributed by atoms with Crippen molar-refractivity contribution in [3.63, 3.8) is 0 Å². The molecule has 4 N–H and O–H groups in total. The van der Waals surface area contributed by atoms with Gasteiger partial charge in [0.1, 0.15) is 5.76 Å². The molecular formula is C12H14N2O. The van der Waals surface area contributed by atoms with Crippen molar-refractivity contribution in [2.45, 2.75) is 6.04 Å². The van der Waals surface area contributed by atoms with Crippen LogP contribution in [0.25, 0.3) is 11.3 Å². The fraction of sp³-hybridized carbons (Fsp3) is 0.167. The molecule has 0 spiro atoms. The van der Waals surface area contributed by atoms with Crippen molar-refractivity contribution in [2.24, 2.45) is 11.5 Å². The maximum atomic E-state index is 5.93. The lowest BCUT2D eigenvalue weighted by Crippen LogP contribution is -2.21. The molecule has 2 rings (SSSR count). The number of benzene rings is 1. The summed E-state index contributed by atoms with van der Waals surface area (Å²) in [5, 5.41) is 0. The fourth-order valence-electron chi connectivity index (χ4n) is 1.60. The summed E-state index contributed by atoms with van der Waals surface area (Å²) in [5.74, 6) is 0.828. The van der Waals surface area contributed by atoms with E-state index < -0.39 is 0 Å². The third-order valence-corrected chi connectivity index (χ3v) is 2.40. The first-order valence-electron chi connectivity index (χ1n) is 4.91. The minimum absolute atomic E-state index is 0.147. The molecule has 0 radical (unpaired) electrons. The lowest BCUT2D eigenvalue weighted by Gasteiger charge is -2.12. The van der Waals surface area contributed by atoms with Gasteiger partial charge in [0.15, 0.2) is 0 Å². The highest BCUT2D eigenvalue weighted by Crippen LogP contribution is 2.27. The largest absolute Gasteiger partial charge is 0.464 e. The lowest BCUT2D eigenvalue weighted by molar-refractivity contribution is 0.580. The Morgan fingerprint density at radius 3 is 2.60 bits per heavy atom. The molecule has 1 heterocycles. The van der Waals surface area contributed by atoms with Gasteiger partial charge in [-0.15, -0.1) is 0 Å². The van der Waals surface area contributed by atoms with Crippen LogP contribution in [0, 0.1) is 0 Å². The van der Waals surface area contributed by atoms with Crippen LogP contribution >= 0.6 is 0 Å². The van der Waals surface area contributed by atoms with E-state index in [9.17, 15) is 0 Å². The third kappa shape index (κ3) is 1.93. The van der Waals surface area contributed by atoms with Gasteiger partial charge in [0, 0.05) is 18.2 Å². The van der Waals surface area contributed by atoms with E-state index in [4.69, 9.17) is 15.9 Å². The van der Waals surface area contributed by atoms with Gasteiger partial charge in [-0.3, -0.25) is 0 Å². The molecule has 1 atom stereocenters. The Hall–Kier alpha value is -1.58. The molecule has 15 heavy (non-hydrogen) atoms. The smallest absolute Gasteiger partial charge is 0.134 e. The summed E-state index contributed by atoms with van der Waals surface area (Å²) in [7, 11) is 0. The van der Waals surface area contributed by atoms with Gasteiger partial charge in [0.05, 0.1) is 6.26 Å². The van der Waals surface area contributed by atoms with Crippen LogP contribution in [0.4, 0.5) is 0 Å². The molecule has 0 saturated carbocycles. The highest BCUT2D eigenvalue weighted by Gasteiger charge is 2.11. The van der Waals surface area contributed by atoms with Gasteiger partial charge < -0.3 is 15.9 Å². The van der Waals surface area contributed by atoms with Crippen LogP contribution in [0.1, 0.15) is 11.6 Å². The van der Waals surface area contributed by atoms with E-state index in [2.05, 4.69) is 0 Å². The molecule has 0 aliphatic rings. The molecule has 78 valence electrons. The second-order valence-electron chi connectivity index (χ2n) is 3.41. The minimum Gasteiger partial charge on any atom is -0.464 e. The predicted molar refractivity (Wildman–Crippen MR) is 60.1 cm³/mol. The Balaban J connectivity index is 2.47. The molecule has 2 aromatic rings. The quantitative estimate of drug-likeness (QED) is 0.799. The van der Waals surface area contributed by atoms with Crippen LogP contribution in [-0.2, 0) is 0 Å². The molecule has 3 nitrogen and oxygen atoms in total. The summed E-state index contributed by atoms with van der Waals surface area (Å²) in [5.41, 5.74) is 13.5. The number of hydrogen-bond donors (Lipinski definition) is 2. The third-order valence-electron chi connectivity index (χ3n) is 2.40. The molecule has 3 heteroatoms. The van der Waals surface area contributed by atoms with Gasteiger partial charge in [-0.25, -0.2) is 0 Å². The molecule has 0 aliphatic carbocycles. The Labute approximate surface area is 88.7 Å². The monoisotopic (exact) mass is 202 g/mol. The molecule has 0 fully saturated rings. The summed E-state index contributed by atoms with van der Waals surface area (Å²) in [4.78, 5) is 0. The number of hydrogen-bond acceptors (Lipinski definition) is 3. The maximum Gasteiger partial charge on any atom is 0.134 e. The molecule has 0 bridgehead atoms. The molecule has 0 aliphatic heterocycles. The van der Waals surface area contributed by atoms with E-state index >= 15 is 0 Å². The lowest BCUT2D eigenvalue weighted by atomic mass is 9.99. The van der Waals surface area contributed by atoms with E-state index in [1.165, 1.54) is 0 Å². The molecular weight excluding hydrogens is 188 g/mol. The molecule has 0 saturated heterocycles. The summed E-state index contributed by atoms with van der Waals surface area (Å²) >= 11 is 0. The van der Waals surface area contributed by atoms with Gasteiger partial charge in [0.25, 0.3) is 0 Å². The van der Waals surface area contributed by atoms with Gasteiger partial charge in [-0.2, -0.15) is 0 Å². The van der Waals surface area contributed by atoms with Crippen LogP contribution in [0.2, 0.25) is 0 Å². The first-order chi connectivity index (χ1) is 7.33. The zero-order valence-electron chi connectivity index (χ0n) is 8.39. The van der Waals surface area contributed by atoms with Gasteiger partial charge in [-0.1, -0.05) is 24.3 Å². The molecule has 1 aromatic heterocycles. The second kappa shape index (κ2) is 4.29. The topological polar surface area (TPSA) is 65.2 Å². The Kier molecular flexibility index (Phi) is 2.85. The van der Waals surface area contributed by atoms with Crippen molar-refractivity contribution in [1.82, 2.24) is 0 Å². The van der Waals surface area contributed by atoms with Gasteiger partial charge in [-0.05, 0) is 17.7 Å². The second-order valence-corrected chi connectivity index (χ2v) is 3.41. The first-order valence-corrected chi connectivity index (χ1v) is 4.91. The van der Waals surface area contributed by atoms with E-state index in [1.807, 2.05) is 36.4 Å². The van der Waals surface area contributed by atoms with E-state index in [0.29, 0.717) is 6.54 Å². The highest BCUT2D eigenvalue weighted by molar-refractivity contribution is 5.62. The molecule has 1 aromatic carbocycles.